The fourth-order valence-corrected chi connectivity index (χ4v) is 2.49. The van der Waals surface area contributed by atoms with Crippen molar-refractivity contribution < 1.29 is 5.11 Å². The van der Waals surface area contributed by atoms with Crippen LogP contribution in [-0.4, -0.2) is 36.2 Å². The van der Waals surface area contributed by atoms with Crippen molar-refractivity contribution in [2.24, 2.45) is 11.3 Å². The lowest BCUT2D eigenvalue weighted by molar-refractivity contribution is 0.249. The molecule has 0 amide bonds. The molecule has 0 radical (unpaired) electrons. The maximum absolute atomic E-state index is 8.91. The second-order valence-corrected chi connectivity index (χ2v) is 5.92. The van der Waals surface area contributed by atoms with Gasteiger partial charge < -0.3 is 10.0 Å². The third-order valence-electron chi connectivity index (χ3n) is 3.74. The Labute approximate surface area is 105 Å². The van der Waals surface area contributed by atoms with Gasteiger partial charge in [0, 0.05) is 13.2 Å². The summed E-state index contributed by atoms with van der Waals surface area (Å²) in [6.07, 6.45) is 5.53. The normalized spacial score (nSPS) is 21.6. The van der Waals surface area contributed by atoms with E-state index in [0.717, 1.165) is 32.4 Å². The van der Waals surface area contributed by atoms with Gasteiger partial charge in [-0.05, 0) is 58.5 Å². The number of nitriles is 1. The fourth-order valence-electron chi connectivity index (χ4n) is 2.49. The zero-order chi connectivity index (χ0) is 12.7. The lowest BCUT2D eigenvalue weighted by atomic mass is 9.89. The van der Waals surface area contributed by atoms with E-state index in [-0.39, 0.29) is 5.41 Å². The van der Waals surface area contributed by atoms with Gasteiger partial charge in [0.15, 0.2) is 0 Å². The van der Waals surface area contributed by atoms with Gasteiger partial charge in [-0.2, -0.15) is 5.26 Å². The van der Waals surface area contributed by atoms with Crippen LogP contribution in [0.4, 0.5) is 0 Å². The first-order valence-electron chi connectivity index (χ1n) is 6.82. The molecule has 1 aliphatic rings. The zero-order valence-electron chi connectivity index (χ0n) is 11.3. The monoisotopic (exact) mass is 238 g/mol. The molecule has 0 spiro atoms. The first-order chi connectivity index (χ1) is 8.07. The Morgan fingerprint density at radius 1 is 1.41 bits per heavy atom. The molecule has 1 unspecified atom stereocenters. The first kappa shape index (κ1) is 14.5. The zero-order valence-corrected chi connectivity index (χ0v) is 11.3. The van der Waals surface area contributed by atoms with Crippen molar-refractivity contribution in [2.75, 3.05) is 26.2 Å². The molecule has 0 saturated carbocycles. The molecule has 98 valence electrons. The van der Waals surface area contributed by atoms with Crippen LogP contribution in [0.15, 0.2) is 0 Å². The van der Waals surface area contributed by atoms with Gasteiger partial charge in [-0.25, -0.2) is 0 Å². The number of hydrogen-bond acceptors (Lipinski definition) is 3. The highest BCUT2D eigenvalue weighted by Gasteiger charge is 2.21. The van der Waals surface area contributed by atoms with Crippen LogP contribution in [0.5, 0.6) is 0 Å². The lowest BCUT2D eigenvalue weighted by Crippen LogP contribution is -2.22. The third-order valence-corrected chi connectivity index (χ3v) is 3.74. The molecular formula is C14H26N2O. The van der Waals surface area contributed by atoms with Crippen molar-refractivity contribution in [3.63, 3.8) is 0 Å². The topological polar surface area (TPSA) is 47.3 Å². The van der Waals surface area contributed by atoms with Crippen molar-refractivity contribution in [3.05, 3.63) is 0 Å². The second-order valence-electron chi connectivity index (χ2n) is 5.92. The number of likely N-dealkylation sites (tertiary alicyclic amines) is 1. The maximum atomic E-state index is 8.91. The molecule has 1 rings (SSSR count). The van der Waals surface area contributed by atoms with Crippen LogP contribution in [0.2, 0.25) is 0 Å². The molecule has 0 bridgehead atoms. The van der Waals surface area contributed by atoms with E-state index in [1.54, 1.807) is 0 Å². The highest BCUT2D eigenvalue weighted by atomic mass is 16.3. The predicted molar refractivity (Wildman–Crippen MR) is 69.5 cm³/mol. The van der Waals surface area contributed by atoms with Gasteiger partial charge in [0.2, 0.25) is 0 Å². The lowest BCUT2D eigenvalue weighted by Gasteiger charge is -2.18. The number of hydrogen-bond donors (Lipinski definition) is 1. The number of aliphatic hydroxyl groups excluding tert-OH is 1. The molecule has 1 saturated heterocycles. The van der Waals surface area contributed by atoms with Crippen molar-refractivity contribution in [2.45, 2.75) is 46.0 Å². The van der Waals surface area contributed by atoms with E-state index in [0.29, 0.717) is 12.5 Å². The van der Waals surface area contributed by atoms with Crippen molar-refractivity contribution in [3.8, 4) is 6.07 Å². The van der Waals surface area contributed by atoms with Crippen LogP contribution in [-0.2, 0) is 0 Å². The minimum Gasteiger partial charge on any atom is -0.396 e. The molecule has 3 nitrogen and oxygen atoms in total. The van der Waals surface area contributed by atoms with Gasteiger partial charge in [0.1, 0.15) is 0 Å². The van der Waals surface area contributed by atoms with Crippen molar-refractivity contribution in [1.29, 1.82) is 5.26 Å². The molecule has 0 aromatic rings. The van der Waals surface area contributed by atoms with E-state index in [9.17, 15) is 0 Å². The average Bonchev–Trinajstić information content (AvgIpc) is 2.73. The summed E-state index contributed by atoms with van der Waals surface area (Å²) in [5.41, 5.74) is -0.162. The number of unbranched alkanes of at least 4 members (excludes halogenated alkanes) is 1. The Kier molecular flexibility index (Phi) is 5.94. The molecule has 0 aromatic carbocycles. The first-order valence-corrected chi connectivity index (χ1v) is 6.82. The van der Waals surface area contributed by atoms with Crippen LogP contribution >= 0.6 is 0 Å². The third kappa shape index (κ3) is 5.52. The molecule has 1 N–H and O–H groups in total. The van der Waals surface area contributed by atoms with Crippen molar-refractivity contribution in [1.82, 2.24) is 4.90 Å². The molecule has 0 aliphatic carbocycles. The Bertz CT molecular complexity index is 257. The van der Waals surface area contributed by atoms with Crippen LogP contribution in [0, 0.1) is 22.7 Å². The van der Waals surface area contributed by atoms with Gasteiger partial charge in [-0.15, -0.1) is 0 Å². The van der Waals surface area contributed by atoms with E-state index >= 15 is 0 Å². The number of nitrogens with zero attached hydrogens (tertiary/aromatic N) is 2. The van der Waals surface area contributed by atoms with Crippen LogP contribution in [0.3, 0.4) is 0 Å². The van der Waals surface area contributed by atoms with E-state index in [1.165, 1.54) is 19.4 Å². The van der Waals surface area contributed by atoms with E-state index in [4.69, 9.17) is 10.4 Å². The summed E-state index contributed by atoms with van der Waals surface area (Å²) in [6.45, 7) is 7.85. The summed E-state index contributed by atoms with van der Waals surface area (Å²) in [7, 11) is 0. The molecule has 1 heterocycles. The summed E-state index contributed by atoms with van der Waals surface area (Å²) in [5, 5.41) is 17.8. The Balaban J connectivity index is 2.07. The molecule has 0 aromatic heterocycles. The van der Waals surface area contributed by atoms with Crippen LogP contribution < -0.4 is 0 Å². The maximum Gasteiger partial charge on any atom is 0.0683 e. The van der Waals surface area contributed by atoms with E-state index in [2.05, 4.69) is 11.0 Å². The van der Waals surface area contributed by atoms with Gasteiger partial charge in [-0.1, -0.05) is 6.42 Å². The van der Waals surface area contributed by atoms with Gasteiger partial charge in [0.25, 0.3) is 0 Å². The summed E-state index contributed by atoms with van der Waals surface area (Å²) in [4.78, 5) is 2.50. The Morgan fingerprint density at radius 2 is 2.18 bits per heavy atom. The highest BCUT2D eigenvalue weighted by molar-refractivity contribution is 4.91. The smallest absolute Gasteiger partial charge is 0.0683 e. The standard InChI is InChI=1S/C14H26N2O/c1-14(2,12-15)7-3-4-8-16-9-5-13(11-16)6-10-17/h13,17H,3-11H2,1-2H3. The Hall–Kier alpha value is -0.590. The van der Waals surface area contributed by atoms with Gasteiger partial charge >= 0.3 is 0 Å². The SMILES string of the molecule is CC(C)(C#N)CCCCN1CCC(CCO)C1. The van der Waals surface area contributed by atoms with Gasteiger partial charge in [-0.3, -0.25) is 0 Å². The minimum absolute atomic E-state index is 0.162. The summed E-state index contributed by atoms with van der Waals surface area (Å²) >= 11 is 0. The average molecular weight is 238 g/mol. The molecule has 1 atom stereocenters. The molecular weight excluding hydrogens is 212 g/mol. The number of aliphatic hydroxyl groups is 1. The van der Waals surface area contributed by atoms with Crippen LogP contribution in [0.1, 0.15) is 46.0 Å². The number of rotatable bonds is 7. The molecule has 1 aliphatic heterocycles. The second kappa shape index (κ2) is 6.98. The largest absolute Gasteiger partial charge is 0.396 e. The summed E-state index contributed by atoms with van der Waals surface area (Å²) in [5.74, 6) is 0.704. The summed E-state index contributed by atoms with van der Waals surface area (Å²) < 4.78 is 0. The van der Waals surface area contributed by atoms with Gasteiger partial charge in [0.05, 0.1) is 11.5 Å². The minimum atomic E-state index is -0.162. The Morgan fingerprint density at radius 3 is 2.82 bits per heavy atom. The molecule has 3 heteroatoms. The van der Waals surface area contributed by atoms with E-state index < -0.39 is 0 Å². The highest BCUT2D eigenvalue weighted by Crippen LogP contribution is 2.23. The molecule has 17 heavy (non-hydrogen) atoms. The van der Waals surface area contributed by atoms with E-state index in [1.807, 2.05) is 13.8 Å². The van der Waals surface area contributed by atoms with Crippen molar-refractivity contribution >= 4 is 0 Å². The fraction of sp³-hybridized carbons (Fsp3) is 0.929. The quantitative estimate of drug-likeness (QED) is 0.693. The summed E-state index contributed by atoms with van der Waals surface area (Å²) in [6, 6.07) is 2.35. The molecule has 1 fully saturated rings. The van der Waals surface area contributed by atoms with Crippen LogP contribution in [0.25, 0.3) is 0 Å². The predicted octanol–water partition coefficient (Wildman–Crippen LogP) is 2.41.